The Hall–Kier alpha value is -3.28. The predicted molar refractivity (Wildman–Crippen MR) is 119 cm³/mol. The highest BCUT2D eigenvalue weighted by molar-refractivity contribution is 6.03. The predicted octanol–water partition coefficient (Wildman–Crippen LogP) is 5.06. The van der Waals surface area contributed by atoms with Crippen LogP contribution in [0.4, 0.5) is 10.5 Å². The van der Waals surface area contributed by atoms with Crippen LogP contribution in [0.1, 0.15) is 50.6 Å². The standard InChI is InChI=1S/C25H28N2O4/c1-17-22(24(29)31-16-18-9-4-2-5-10-18)23(19-11-8-14-21(28)15-19)26-25(30)27(17)20-12-6-3-7-13-20/h3,6-8,11-15,18,23,28H,2,4-5,9-10,16H2,1H3,(H,26,30). The van der Waals surface area contributed by atoms with Crippen LogP contribution in [0.5, 0.6) is 5.75 Å². The zero-order valence-corrected chi connectivity index (χ0v) is 17.7. The number of nitrogens with zero attached hydrogens (tertiary/aromatic N) is 1. The number of anilines is 1. The van der Waals surface area contributed by atoms with E-state index in [1.807, 2.05) is 30.3 Å². The second-order valence-electron chi connectivity index (χ2n) is 8.25. The zero-order valence-electron chi connectivity index (χ0n) is 17.7. The van der Waals surface area contributed by atoms with Crippen molar-refractivity contribution in [2.75, 3.05) is 11.5 Å². The number of ether oxygens (including phenoxy) is 1. The lowest BCUT2D eigenvalue weighted by Crippen LogP contribution is -2.48. The number of nitrogens with one attached hydrogen (secondary N) is 1. The molecule has 1 aliphatic heterocycles. The number of hydrogen-bond acceptors (Lipinski definition) is 4. The molecule has 0 saturated heterocycles. The zero-order chi connectivity index (χ0) is 21.8. The highest BCUT2D eigenvalue weighted by Crippen LogP contribution is 2.35. The van der Waals surface area contributed by atoms with Gasteiger partial charge in [-0.3, -0.25) is 4.90 Å². The lowest BCUT2D eigenvalue weighted by Gasteiger charge is -2.35. The summed E-state index contributed by atoms with van der Waals surface area (Å²) < 4.78 is 5.76. The van der Waals surface area contributed by atoms with Crippen LogP contribution < -0.4 is 10.2 Å². The second-order valence-corrected chi connectivity index (χ2v) is 8.25. The van der Waals surface area contributed by atoms with Crippen LogP contribution in [0.25, 0.3) is 0 Å². The van der Waals surface area contributed by atoms with Crippen LogP contribution in [0.2, 0.25) is 0 Å². The summed E-state index contributed by atoms with van der Waals surface area (Å²) in [5.74, 6) is 0.0309. The summed E-state index contributed by atoms with van der Waals surface area (Å²) in [6.07, 6.45) is 5.75. The molecular formula is C25H28N2O4. The Morgan fingerprint density at radius 3 is 2.55 bits per heavy atom. The van der Waals surface area contributed by atoms with Gasteiger partial charge in [0.25, 0.3) is 0 Å². The quantitative estimate of drug-likeness (QED) is 0.663. The molecule has 4 rings (SSSR count). The number of hydrogen-bond donors (Lipinski definition) is 2. The normalized spacial score (nSPS) is 19.8. The Labute approximate surface area is 182 Å². The molecule has 2 aromatic rings. The number of carbonyl (C=O) groups excluding carboxylic acids is 2. The first-order valence-corrected chi connectivity index (χ1v) is 10.9. The number of phenolic OH excluding ortho intramolecular Hbond substituents is 1. The Morgan fingerprint density at radius 2 is 1.84 bits per heavy atom. The summed E-state index contributed by atoms with van der Waals surface area (Å²) in [7, 11) is 0. The van der Waals surface area contributed by atoms with Gasteiger partial charge in [0.05, 0.1) is 23.9 Å². The number of rotatable bonds is 5. The van der Waals surface area contributed by atoms with E-state index >= 15 is 0 Å². The third-order valence-electron chi connectivity index (χ3n) is 6.10. The number of allylic oxidation sites excluding steroid dienone is 1. The van der Waals surface area contributed by atoms with Crippen molar-refractivity contribution in [3.05, 3.63) is 71.4 Å². The molecule has 0 radical (unpaired) electrons. The molecule has 2 amide bonds. The Morgan fingerprint density at radius 1 is 1.10 bits per heavy atom. The minimum Gasteiger partial charge on any atom is -0.508 e. The average molecular weight is 421 g/mol. The molecule has 6 nitrogen and oxygen atoms in total. The largest absolute Gasteiger partial charge is 0.508 e. The van der Waals surface area contributed by atoms with Gasteiger partial charge in [-0.2, -0.15) is 0 Å². The SMILES string of the molecule is CC1=C(C(=O)OCC2CCCCC2)C(c2cccc(O)c2)NC(=O)N1c1ccccc1. The molecule has 0 bridgehead atoms. The van der Waals surface area contributed by atoms with Crippen molar-refractivity contribution in [1.29, 1.82) is 0 Å². The fraction of sp³-hybridized carbons (Fsp3) is 0.360. The van der Waals surface area contributed by atoms with Gasteiger partial charge in [-0.15, -0.1) is 0 Å². The van der Waals surface area contributed by atoms with E-state index in [-0.39, 0.29) is 11.8 Å². The molecule has 1 unspecified atom stereocenters. The highest BCUT2D eigenvalue weighted by atomic mass is 16.5. The topological polar surface area (TPSA) is 78.9 Å². The van der Waals surface area contributed by atoms with Gasteiger partial charge in [0.15, 0.2) is 0 Å². The number of aromatic hydroxyl groups is 1. The molecule has 1 heterocycles. The number of phenols is 1. The lowest BCUT2D eigenvalue weighted by atomic mass is 9.90. The number of para-hydroxylation sites is 1. The fourth-order valence-corrected chi connectivity index (χ4v) is 4.47. The molecule has 162 valence electrons. The summed E-state index contributed by atoms with van der Waals surface area (Å²) in [5, 5.41) is 12.9. The Bertz CT molecular complexity index is 980. The maximum Gasteiger partial charge on any atom is 0.338 e. The summed E-state index contributed by atoms with van der Waals surface area (Å²) in [6.45, 7) is 2.15. The van der Waals surface area contributed by atoms with Crippen LogP contribution in [-0.4, -0.2) is 23.7 Å². The van der Waals surface area contributed by atoms with Crippen molar-refractivity contribution in [1.82, 2.24) is 5.32 Å². The second kappa shape index (κ2) is 9.25. The van der Waals surface area contributed by atoms with Gasteiger partial charge >= 0.3 is 12.0 Å². The van der Waals surface area contributed by atoms with Crippen molar-refractivity contribution in [3.63, 3.8) is 0 Å². The summed E-state index contributed by atoms with van der Waals surface area (Å²) in [4.78, 5) is 27.8. The van der Waals surface area contributed by atoms with Crippen LogP contribution in [0.15, 0.2) is 65.9 Å². The number of benzene rings is 2. The van der Waals surface area contributed by atoms with Gasteiger partial charge in [0.1, 0.15) is 5.75 Å². The first kappa shape index (κ1) is 21.0. The first-order chi connectivity index (χ1) is 15.0. The van der Waals surface area contributed by atoms with Crippen molar-refractivity contribution < 1.29 is 19.4 Å². The molecule has 0 aromatic heterocycles. The van der Waals surface area contributed by atoms with Crippen molar-refractivity contribution in [2.45, 2.75) is 45.1 Å². The van der Waals surface area contributed by atoms with E-state index < -0.39 is 12.0 Å². The summed E-state index contributed by atoms with van der Waals surface area (Å²) >= 11 is 0. The maximum atomic E-state index is 13.3. The molecule has 0 spiro atoms. The molecule has 2 N–H and O–H groups in total. The number of esters is 1. The lowest BCUT2D eigenvalue weighted by molar-refractivity contribution is -0.141. The van der Waals surface area contributed by atoms with Crippen molar-refractivity contribution in [2.24, 2.45) is 5.92 Å². The van der Waals surface area contributed by atoms with E-state index in [9.17, 15) is 14.7 Å². The highest BCUT2D eigenvalue weighted by Gasteiger charge is 2.37. The van der Waals surface area contributed by atoms with E-state index in [1.165, 1.54) is 24.2 Å². The number of carbonyl (C=O) groups is 2. The van der Waals surface area contributed by atoms with E-state index in [0.29, 0.717) is 35.0 Å². The Kier molecular flexibility index (Phi) is 6.26. The Balaban J connectivity index is 1.68. The van der Waals surface area contributed by atoms with Gasteiger partial charge < -0.3 is 15.2 Å². The van der Waals surface area contributed by atoms with Crippen LogP contribution in [0.3, 0.4) is 0 Å². The molecule has 1 aliphatic carbocycles. The molecule has 1 saturated carbocycles. The number of urea groups is 1. The number of amides is 2. The monoisotopic (exact) mass is 420 g/mol. The van der Waals surface area contributed by atoms with Gasteiger partial charge in [-0.25, -0.2) is 9.59 Å². The van der Waals surface area contributed by atoms with Gasteiger partial charge in [0, 0.05) is 5.70 Å². The average Bonchev–Trinajstić information content (AvgIpc) is 2.78. The molecule has 6 heteroatoms. The van der Waals surface area contributed by atoms with E-state index in [1.54, 1.807) is 31.2 Å². The molecule has 2 aliphatic rings. The first-order valence-electron chi connectivity index (χ1n) is 10.9. The van der Waals surface area contributed by atoms with Crippen molar-refractivity contribution in [3.8, 4) is 5.75 Å². The van der Waals surface area contributed by atoms with Gasteiger partial charge in [-0.1, -0.05) is 49.6 Å². The molecule has 1 fully saturated rings. The van der Waals surface area contributed by atoms with E-state index in [4.69, 9.17) is 4.74 Å². The summed E-state index contributed by atoms with van der Waals surface area (Å²) in [5.41, 5.74) is 2.20. The molecule has 1 atom stereocenters. The summed E-state index contributed by atoms with van der Waals surface area (Å²) in [6, 6.07) is 14.8. The third-order valence-corrected chi connectivity index (χ3v) is 6.10. The maximum absolute atomic E-state index is 13.3. The molecular weight excluding hydrogens is 392 g/mol. The van der Waals surface area contributed by atoms with E-state index in [2.05, 4.69) is 5.32 Å². The van der Waals surface area contributed by atoms with E-state index in [0.717, 1.165) is 12.8 Å². The van der Waals surface area contributed by atoms with Crippen LogP contribution in [0, 0.1) is 5.92 Å². The van der Waals surface area contributed by atoms with Gasteiger partial charge in [0.2, 0.25) is 0 Å². The minimum atomic E-state index is -0.696. The van der Waals surface area contributed by atoms with Crippen LogP contribution >= 0.6 is 0 Å². The smallest absolute Gasteiger partial charge is 0.338 e. The van der Waals surface area contributed by atoms with Crippen LogP contribution in [-0.2, 0) is 9.53 Å². The fourth-order valence-electron chi connectivity index (χ4n) is 4.47. The minimum absolute atomic E-state index is 0.0739. The third kappa shape index (κ3) is 4.58. The van der Waals surface area contributed by atoms with Gasteiger partial charge in [-0.05, 0) is 55.5 Å². The molecule has 2 aromatic carbocycles. The van der Waals surface area contributed by atoms with Crippen molar-refractivity contribution >= 4 is 17.7 Å². The molecule has 31 heavy (non-hydrogen) atoms.